The standard InChI is InChI=1S/C20H29N3O6/c1-12(21)20(28)22-10-14(24)5-8-18(26)23-11-17(25)19(27)16(23)9-13-3-6-15(29-2)7-4-13/h3-4,6-7,12,16-17,19,25,27H,5,8-11,21H2,1-2H3,(H,22,28)/t12-,16+,17-,19-/m0/s1. The van der Waals surface area contributed by atoms with Crippen LogP contribution >= 0.6 is 0 Å². The van der Waals surface area contributed by atoms with Gasteiger partial charge in [0.2, 0.25) is 11.8 Å². The molecule has 5 N–H and O–H groups in total. The number of carbonyl (C=O) groups excluding carboxylic acids is 3. The Hall–Kier alpha value is -2.49. The molecule has 2 rings (SSSR count). The highest BCUT2D eigenvalue weighted by Gasteiger charge is 2.41. The van der Waals surface area contributed by atoms with Crippen molar-refractivity contribution in [3.8, 4) is 5.75 Å². The summed E-state index contributed by atoms with van der Waals surface area (Å²) in [5.74, 6) is -0.358. The minimum absolute atomic E-state index is 0.0104. The zero-order valence-corrected chi connectivity index (χ0v) is 16.7. The first-order valence-electron chi connectivity index (χ1n) is 9.56. The van der Waals surface area contributed by atoms with Crippen LogP contribution in [0.4, 0.5) is 0 Å². The number of ether oxygens (including phenoxy) is 1. The molecular weight excluding hydrogens is 378 g/mol. The lowest BCUT2D eigenvalue weighted by atomic mass is 10.0. The summed E-state index contributed by atoms with van der Waals surface area (Å²) < 4.78 is 5.12. The second-order valence-corrected chi connectivity index (χ2v) is 7.27. The summed E-state index contributed by atoms with van der Waals surface area (Å²) in [6.45, 7) is 1.33. The highest BCUT2D eigenvalue weighted by atomic mass is 16.5. The SMILES string of the molecule is COc1ccc(C[C@@H]2[C@H](O)[C@@H](O)CN2C(=O)CCC(=O)CNC(=O)[C@H](C)N)cc1. The Kier molecular flexibility index (Phi) is 8.12. The molecular formula is C20H29N3O6. The fraction of sp³-hybridized carbons (Fsp3) is 0.550. The van der Waals surface area contributed by atoms with Gasteiger partial charge in [0.05, 0.1) is 31.8 Å². The van der Waals surface area contributed by atoms with Crippen molar-refractivity contribution in [3.63, 3.8) is 0 Å². The lowest BCUT2D eigenvalue weighted by molar-refractivity contribution is -0.134. The maximum Gasteiger partial charge on any atom is 0.236 e. The van der Waals surface area contributed by atoms with Gasteiger partial charge in [-0.15, -0.1) is 0 Å². The topological polar surface area (TPSA) is 142 Å². The largest absolute Gasteiger partial charge is 0.497 e. The summed E-state index contributed by atoms with van der Waals surface area (Å²) in [7, 11) is 1.57. The number of benzene rings is 1. The van der Waals surface area contributed by atoms with Crippen LogP contribution in [0.3, 0.4) is 0 Å². The molecule has 4 atom stereocenters. The van der Waals surface area contributed by atoms with Crippen molar-refractivity contribution in [2.75, 3.05) is 20.2 Å². The predicted molar refractivity (Wildman–Crippen MR) is 105 cm³/mol. The molecule has 9 nitrogen and oxygen atoms in total. The molecule has 1 aromatic carbocycles. The van der Waals surface area contributed by atoms with Crippen molar-refractivity contribution >= 4 is 17.6 Å². The lowest BCUT2D eigenvalue weighted by Crippen LogP contribution is -2.42. The summed E-state index contributed by atoms with van der Waals surface area (Å²) in [6.07, 6.45) is -1.85. The van der Waals surface area contributed by atoms with E-state index in [4.69, 9.17) is 10.5 Å². The van der Waals surface area contributed by atoms with Crippen LogP contribution < -0.4 is 15.8 Å². The molecule has 9 heteroatoms. The van der Waals surface area contributed by atoms with E-state index in [1.165, 1.54) is 11.8 Å². The summed E-state index contributed by atoms with van der Waals surface area (Å²) >= 11 is 0. The van der Waals surface area contributed by atoms with Gasteiger partial charge in [-0.2, -0.15) is 0 Å². The van der Waals surface area contributed by atoms with Crippen LogP contribution in [-0.4, -0.2) is 77.2 Å². The van der Waals surface area contributed by atoms with Crippen LogP contribution in [0.2, 0.25) is 0 Å². The third-order valence-corrected chi connectivity index (χ3v) is 4.99. The van der Waals surface area contributed by atoms with Gasteiger partial charge in [-0.3, -0.25) is 14.4 Å². The number of aliphatic hydroxyl groups is 2. The van der Waals surface area contributed by atoms with Crippen LogP contribution in [0.1, 0.15) is 25.3 Å². The van der Waals surface area contributed by atoms with Crippen molar-refractivity contribution in [1.82, 2.24) is 10.2 Å². The normalized spacial score (nSPS) is 22.2. The molecule has 1 aliphatic rings. The third-order valence-electron chi connectivity index (χ3n) is 4.99. The van der Waals surface area contributed by atoms with E-state index >= 15 is 0 Å². The maximum atomic E-state index is 12.6. The molecule has 160 valence electrons. The van der Waals surface area contributed by atoms with E-state index in [0.717, 1.165) is 5.56 Å². The quantitative estimate of drug-likeness (QED) is 0.410. The molecule has 0 unspecified atom stereocenters. The molecule has 29 heavy (non-hydrogen) atoms. The van der Waals surface area contributed by atoms with Crippen molar-refractivity contribution in [3.05, 3.63) is 29.8 Å². The third kappa shape index (κ3) is 6.25. The summed E-state index contributed by atoms with van der Waals surface area (Å²) in [4.78, 5) is 37.3. The molecule has 0 saturated carbocycles. The Morgan fingerprint density at radius 3 is 2.48 bits per heavy atom. The summed E-state index contributed by atoms with van der Waals surface area (Å²) in [6, 6.07) is 5.95. The zero-order valence-electron chi connectivity index (χ0n) is 16.7. The molecule has 0 bridgehead atoms. The number of hydrogen-bond donors (Lipinski definition) is 4. The second kappa shape index (κ2) is 10.3. The van der Waals surface area contributed by atoms with Gasteiger partial charge in [0.15, 0.2) is 5.78 Å². The molecule has 0 radical (unpaired) electrons. The van der Waals surface area contributed by atoms with Crippen LogP contribution in [0.25, 0.3) is 0 Å². The predicted octanol–water partition coefficient (Wildman–Crippen LogP) is -1.02. The average molecular weight is 407 g/mol. The van der Waals surface area contributed by atoms with Crippen molar-refractivity contribution in [2.24, 2.45) is 5.73 Å². The van der Waals surface area contributed by atoms with Gasteiger partial charge in [0.25, 0.3) is 0 Å². The van der Waals surface area contributed by atoms with Gasteiger partial charge in [0, 0.05) is 19.4 Å². The highest BCUT2D eigenvalue weighted by molar-refractivity contribution is 5.90. The molecule has 0 spiro atoms. The minimum atomic E-state index is -1.07. The minimum Gasteiger partial charge on any atom is -0.497 e. The van der Waals surface area contributed by atoms with E-state index in [2.05, 4.69) is 5.32 Å². The Morgan fingerprint density at radius 2 is 1.90 bits per heavy atom. The monoisotopic (exact) mass is 407 g/mol. The summed E-state index contributed by atoms with van der Waals surface area (Å²) in [5.41, 5.74) is 6.29. The number of ketones is 1. The van der Waals surface area contributed by atoms with Crippen LogP contribution in [0.5, 0.6) is 5.75 Å². The van der Waals surface area contributed by atoms with Crippen molar-refractivity contribution in [1.29, 1.82) is 0 Å². The highest BCUT2D eigenvalue weighted by Crippen LogP contribution is 2.24. The fourth-order valence-corrected chi connectivity index (χ4v) is 3.23. The number of carbonyl (C=O) groups is 3. The first kappa shape index (κ1) is 22.8. The van der Waals surface area contributed by atoms with E-state index in [9.17, 15) is 24.6 Å². The number of β-amino-alcohol motifs (C(OH)–C–C–N with tert-alkyl or cyclic N) is 1. The number of rotatable bonds is 9. The zero-order chi connectivity index (χ0) is 21.6. The number of amides is 2. The van der Waals surface area contributed by atoms with Gasteiger partial charge in [0.1, 0.15) is 11.9 Å². The molecule has 1 saturated heterocycles. The first-order chi connectivity index (χ1) is 13.7. The van der Waals surface area contributed by atoms with Gasteiger partial charge in [-0.05, 0) is 31.0 Å². The van der Waals surface area contributed by atoms with E-state index in [1.807, 2.05) is 12.1 Å². The molecule has 1 fully saturated rings. The number of aliphatic hydroxyl groups excluding tert-OH is 2. The van der Waals surface area contributed by atoms with Crippen molar-refractivity contribution < 1.29 is 29.3 Å². The number of nitrogens with two attached hydrogens (primary N) is 1. The second-order valence-electron chi connectivity index (χ2n) is 7.27. The molecule has 2 amide bonds. The number of nitrogens with zero attached hydrogens (tertiary/aromatic N) is 1. The van der Waals surface area contributed by atoms with Gasteiger partial charge < -0.3 is 30.9 Å². The average Bonchev–Trinajstić information content (AvgIpc) is 2.99. The van der Waals surface area contributed by atoms with E-state index in [-0.39, 0.29) is 37.6 Å². The molecule has 0 aliphatic carbocycles. The molecule has 1 aliphatic heterocycles. The Labute approximate surface area is 169 Å². The van der Waals surface area contributed by atoms with E-state index < -0.39 is 30.2 Å². The smallest absolute Gasteiger partial charge is 0.236 e. The van der Waals surface area contributed by atoms with Crippen LogP contribution in [0.15, 0.2) is 24.3 Å². The Morgan fingerprint density at radius 1 is 1.24 bits per heavy atom. The first-order valence-corrected chi connectivity index (χ1v) is 9.56. The van der Waals surface area contributed by atoms with Gasteiger partial charge in [-0.25, -0.2) is 0 Å². The van der Waals surface area contributed by atoms with Gasteiger partial charge in [-0.1, -0.05) is 12.1 Å². The van der Waals surface area contributed by atoms with E-state index in [1.54, 1.807) is 19.2 Å². The Bertz CT molecular complexity index is 721. The number of Topliss-reactive ketones (excluding diaryl/α,β-unsaturated/α-hetero) is 1. The molecule has 0 aromatic heterocycles. The molecule has 1 heterocycles. The summed E-state index contributed by atoms with van der Waals surface area (Å²) in [5, 5.41) is 22.8. The maximum absolute atomic E-state index is 12.6. The fourth-order valence-electron chi connectivity index (χ4n) is 3.23. The van der Waals surface area contributed by atoms with Crippen LogP contribution in [-0.2, 0) is 20.8 Å². The van der Waals surface area contributed by atoms with E-state index in [0.29, 0.717) is 12.2 Å². The van der Waals surface area contributed by atoms with Crippen LogP contribution in [0, 0.1) is 0 Å². The van der Waals surface area contributed by atoms with Crippen molar-refractivity contribution in [2.45, 2.75) is 50.5 Å². The number of likely N-dealkylation sites (tertiary alicyclic amines) is 1. The Balaban J connectivity index is 1.92. The molecule has 1 aromatic rings. The number of hydrogen-bond acceptors (Lipinski definition) is 7. The number of nitrogens with one attached hydrogen (secondary N) is 1. The van der Waals surface area contributed by atoms with Gasteiger partial charge >= 0.3 is 0 Å². The number of methoxy groups -OCH3 is 1. The lowest BCUT2D eigenvalue weighted by Gasteiger charge is -2.26.